The van der Waals surface area contributed by atoms with Gasteiger partial charge in [0.1, 0.15) is 6.04 Å². The van der Waals surface area contributed by atoms with Crippen molar-refractivity contribution >= 4 is 17.9 Å². The van der Waals surface area contributed by atoms with Crippen molar-refractivity contribution in [1.29, 1.82) is 0 Å². The summed E-state index contributed by atoms with van der Waals surface area (Å²) in [6.07, 6.45) is 0. The van der Waals surface area contributed by atoms with Crippen LogP contribution in [0.2, 0.25) is 0 Å². The summed E-state index contributed by atoms with van der Waals surface area (Å²) < 4.78 is 0. The van der Waals surface area contributed by atoms with Gasteiger partial charge >= 0.3 is 12.0 Å². The van der Waals surface area contributed by atoms with E-state index in [1.165, 1.54) is 25.9 Å². The summed E-state index contributed by atoms with van der Waals surface area (Å²) in [5.74, 6) is -1.63. The second kappa shape index (κ2) is 6.72. The van der Waals surface area contributed by atoms with Gasteiger partial charge in [0.25, 0.3) is 0 Å². The standard InChI is InChI=1S/C10H19N3O4/c1-6(8(14)11-3)5-13(4)10(17)12-7(2)9(15)16/h6-7H,5H2,1-4H3,(H,11,14)(H,12,17)(H,15,16)/t6?,7-/m0/s1. The fourth-order valence-corrected chi connectivity index (χ4v) is 1.18. The van der Waals surface area contributed by atoms with E-state index in [2.05, 4.69) is 10.6 Å². The molecule has 0 aliphatic rings. The third-order valence-corrected chi connectivity index (χ3v) is 2.30. The summed E-state index contributed by atoms with van der Waals surface area (Å²) in [5, 5.41) is 13.4. The monoisotopic (exact) mass is 245 g/mol. The minimum absolute atomic E-state index is 0.170. The zero-order chi connectivity index (χ0) is 13.6. The van der Waals surface area contributed by atoms with Gasteiger partial charge in [0.15, 0.2) is 0 Å². The normalized spacial score (nSPS) is 13.4. The minimum Gasteiger partial charge on any atom is -0.480 e. The molecule has 98 valence electrons. The van der Waals surface area contributed by atoms with Crippen LogP contribution in [0, 0.1) is 5.92 Å². The average Bonchev–Trinajstić information content (AvgIpc) is 2.27. The lowest BCUT2D eigenvalue weighted by molar-refractivity contribution is -0.138. The van der Waals surface area contributed by atoms with Gasteiger partial charge in [-0.05, 0) is 6.92 Å². The molecule has 0 heterocycles. The highest BCUT2D eigenvalue weighted by atomic mass is 16.4. The number of nitrogens with one attached hydrogen (secondary N) is 2. The van der Waals surface area contributed by atoms with E-state index in [-0.39, 0.29) is 18.4 Å². The number of rotatable bonds is 5. The Bertz CT molecular complexity index is 306. The second-order valence-corrected chi connectivity index (χ2v) is 3.91. The lowest BCUT2D eigenvalue weighted by atomic mass is 10.1. The van der Waals surface area contributed by atoms with Crippen molar-refractivity contribution in [3.05, 3.63) is 0 Å². The van der Waals surface area contributed by atoms with Gasteiger partial charge in [-0.3, -0.25) is 9.59 Å². The average molecular weight is 245 g/mol. The Kier molecular flexibility index (Phi) is 6.01. The van der Waals surface area contributed by atoms with Gasteiger partial charge in [0.2, 0.25) is 5.91 Å². The molecule has 7 heteroatoms. The number of amides is 3. The van der Waals surface area contributed by atoms with Crippen LogP contribution in [-0.4, -0.2) is 54.6 Å². The molecular formula is C10H19N3O4. The fraction of sp³-hybridized carbons (Fsp3) is 0.700. The maximum Gasteiger partial charge on any atom is 0.325 e. The molecular weight excluding hydrogens is 226 g/mol. The number of nitrogens with zero attached hydrogens (tertiary/aromatic N) is 1. The predicted molar refractivity (Wildman–Crippen MR) is 61.5 cm³/mol. The third-order valence-electron chi connectivity index (χ3n) is 2.30. The molecule has 0 radical (unpaired) electrons. The zero-order valence-corrected chi connectivity index (χ0v) is 10.5. The first-order chi connectivity index (χ1) is 7.79. The molecule has 0 aromatic carbocycles. The third kappa shape index (κ3) is 5.19. The molecule has 0 aliphatic carbocycles. The quantitative estimate of drug-likeness (QED) is 0.607. The summed E-state index contributed by atoms with van der Waals surface area (Å²) in [7, 11) is 3.02. The summed E-state index contributed by atoms with van der Waals surface area (Å²) in [5.41, 5.74) is 0. The van der Waals surface area contributed by atoms with Crippen LogP contribution in [0.5, 0.6) is 0 Å². The molecule has 1 unspecified atom stereocenters. The van der Waals surface area contributed by atoms with E-state index < -0.39 is 18.0 Å². The van der Waals surface area contributed by atoms with Crippen molar-refractivity contribution < 1.29 is 19.5 Å². The van der Waals surface area contributed by atoms with Crippen molar-refractivity contribution in [2.24, 2.45) is 5.92 Å². The summed E-state index contributed by atoms with van der Waals surface area (Å²) >= 11 is 0. The minimum atomic E-state index is -1.11. The first-order valence-corrected chi connectivity index (χ1v) is 5.25. The van der Waals surface area contributed by atoms with E-state index in [1.54, 1.807) is 6.92 Å². The number of carboxylic acids is 1. The molecule has 7 nitrogen and oxygen atoms in total. The fourth-order valence-electron chi connectivity index (χ4n) is 1.18. The number of carbonyl (C=O) groups is 3. The number of hydrogen-bond acceptors (Lipinski definition) is 3. The number of urea groups is 1. The summed E-state index contributed by atoms with van der Waals surface area (Å²) in [6.45, 7) is 3.28. The Labute approximate surface area is 100 Å². The lowest BCUT2D eigenvalue weighted by Gasteiger charge is -2.22. The van der Waals surface area contributed by atoms with Crippen molar-refractivity contribution in [3.8, 4) is 0 Å². The van der Waals surface area contributed by atoms with Gasteiger partial charge < -0.3 is 20.6 Å². The van der Waals surface area contributed by atoms with Crippen LogP contribution >= 0.6 is 0 Å². The largest absolute Gasteiger partial charge is 0.480 e. The molecule has 0 rings (SSSR count). The van der Waals surface area contributed by atoms with Crippen molar-refractivity contribution in [1.82, 2.24) is 15.5 Å². The van der Waals surface area contributed by atoms with Crippen molar-refractivity contribution in [2.45, 2.75) is 19.9 Å². The maximum absolute atomic E-state index is 11.5. The maximum atomic E-state index is 11.5. The van der Waals surface area contributed by atoms with Crippen LogP contribution in [0.1, 0.15) is 13.8 Å². The highest BCUT2D eigenvalue weighted by Gasteiger charge is 2.20. The SMILES string of the molecule is CNC(=O)C(C)CN(C)C(=O)N[C@@H](C)C(=O)O. The van der Waals surface area contributed by atoms with Crippen LogP contribution in [0.25, 0.3) is 0 Å². The second-order valence-electron chi connectivity index (χ2n) is 3.91. The molecule has 0 bridgehead atoms. The van der Waals surface area contributed by atoms with E-state index >= 15 is 0 Å². The predicted octanol–water partition coefficient (Wildman–Crippen LogP) is -0.517. The topological polar surface area (TPSA) is 98.7 Å². The van der Waals surface area contributed by atoms with Crippen LogP contribution in [-0.2, 0) is 9.59 Å². The molecule has 0 aliphatic heterocycles. The summed E-state index contributed by atoms with van der Waals surface area (Å²) in [6, 6.07) is -1.48. The van der Waals surface area contributed by atoms with Gasteiger partial charge in [-0.15, -0.1) is 0 Å². The Morgan fingerprint density at radius 3 is 2.24 bits per heavy atom. The van der Waals surface area contributed by atoms with E-state index in [0.29, 0.717) is 0 Å². The summed E-state index contributed by atoms with van der Waals surface area (Å²) in [4.78, 5) is 34.6. The van der Waals surface area contributed by atoms with Crippen molar-refractivity contribution in [3.63, 3.8) is 0 Å². The Hall–Kier alpha value is -1.79. The lowest BCUT2D eigenvalue weighted by Crippen LogP contribution is -2.47. The Morgan fingerprint density at radius 1 is 1.29 bits per heavy atom. The van der Waals surface area contributed by atoms with Gasteiger partial charge in [-0.1, -0.05) is 6.92 Å². The molecule has 0 aromatic rings. The molecule has 0 spiro atoms. The van der Waals surface area contributed by atoms with Crippen molar-refractivity contribution in [2.75, 3.05) is 20.6 Å². The first kappa shape index (κ1) is 15.2. The molecule has 0 saturated carbocycles. The van der Waals surface area contributed by atoms with Gasteiger partial charge in [-0.2, -0.15) is 0 Å². The number of carboxylic acid groups (broad SMARTS) is 1. The molecule has 17 heavy (non-hydrogen) atoms. The molecule has 3 amide bonds. The number of hydrogen-bond donors (Lipinski definition) is 3. The van der Waals surface area contributed by atoms with E-state index in [0.717, 1.165) is 0 Å². The highest BCUT2D eigenvalue weighted by molar-refractivity contribution is 5.83. The number of aliphatic carboxylic acids is 1. The van der Waals surface area contributed by atoms with Crippen LogP contribution < -0.4 is 10.6 Å². The van der Waals surface area contributed by atoms with Crippen LogP contribution in [0.15, 0.2) is 0 Å². The Balaban J connectivity index is 4.23. The highest BCUT2D eigenvalue weighted by Crippen LogP contribution is 1.99. The first-order valence-electron chi connectivity index (χ1n) is 5.25. The van der Waals surface area contributed by atoms with Crippen LogP contribution in [0.4, 0.5) is 4.79 Å². The van der Waals surface area contributed by atoms with E-state index in [4.69, 9.17) is 5.11 Å². The molecule has 0 fully saturated rings. The molecule has 3 N–H and O–H groups in total. The van der Waals surface area contributed by atoms with Gasteiger partial charge in [-0.25, -0.2) is 4.79 Å². The molecule has 0 aromatic heterocycles. The molecule has 2 atom stereocenters. The zero-order valence-electron chi connectivity index (χ0n) is 10.5. The van der Waals surface area contributed by atoms with E-state index in [1.807, 2.05) is 0 Å². The number of carbonyl (C=O) groups excluding carboxylic acids is 2. The van der Waals surface area contributed by atoms with E-state index in [9.17, 15) is 14.4 Å². The smallest absolute Gasteiger partial charge is 0.325 e. The Morgan fingerprint density at radius 2 is 1.82 bits per heavy atom. The van der Waals surface area contributed by atoms with Gasteiger partial charge in [0.05, 0.1) is 5.92 Å². The van der Waals surface area contributed by atoms with Gasteiger partial charge in [0, 0.05) is 20.6 Å². The van der Waals surface area contributed by atoms with Crippen LogP contribution in [0.3, 0.4) is 0 Å². The molecule has 0 saturated heterocycles.